The van der Waals surface area contributed by atoms with Gasteiger partial charge in [0.15, 0.2) is 0 Å². The summed E-state index contributed by atoms with van der Waals surface area (Å²) in [6.45, 7) is 2.50. The monoisotopic (exact) mass is 257 g/mol. The van der Waals surface area contributed by atoms with E-state index in [1.54, 1.807) is 12.0 Å². The van der Waals surface area contributed by atoms with Crippen LogP contribution in [0.15, 0.2) is 0 Å². The van der Waals surface area contributed by atoms with Gasteiger partial charge in [0.1, 0.15) is 0 Å². The summed E-state index contributed by atoms with van der Waals surface area (Å²) in [6.07, 6.45) is 1.45. The van der Waals surface area contributed by atoms with Crippen LogP contribution < -0.4 is 0 Å². The van der Waals surface area contributed by atoms with Gasteiger partial charge in [-0.1, -0.05) is 0 Å². The largest absolute Gasteiger partial charge is 0.481 e. The minimum absolute atomic E-state index is 0.0286. The first kappa shape index (κ1) is 13.3. The molecule has 1 aliphatic carbocycles. The van der Waals surface area contributed by atoms with Crippen LogP contribution in [-0.4, -0.2) is 61.4 Å². The fourth-order valence-corrected chi connectivity index (χ4v) is 2.15. The molecule has 2 aliphatic rings. The van der Waals surface area contributed by atoms with Gasteiger partial charge in [0.2, 0.25) is 5.91 Å². The molecule has 2 fully saturated rings. The third-order valence-electron chi connectivity index (χ3n) is 3.43. The molecular weight excluding hydrogens is 238 g/mol. The second-order valence-corrected chi connectivity index (χ2v) is 4.87. The number of likely N-dealkylation sites (tertiary alicyclic amines) is 1. The fourth-order valence-electron chi connectivity index (χ4n) is 2.15. The van der Waals surface area contributed by atoms with Gasteiger partial charge in [-0.15, -0.1) is 0 Å². The first-order valence-corrected chi connectivity index (χ1v) is 6.25. The minimum atomic E-state index is -0.860. The van der Waals surface area contributed by atoms with Crippen LogP contribution >= 0.6 is 0 Å². The maximum atomic E-state index is 11.8. The first-order chi connectivity index (χ1) is 8.63. The van der Waals surface area contributed by atoms with E-state index >= 15 is 0 Å². The molecular formula is C12H19NO5. The van der Waals surface area contributed by atoms with Crippen LogP contribution in [0.2, 0.25) is 0 Å². The number of carboxylic acids is 1. The van der Waals surface area contributed by atoms with Crippen molar-refractivity contribution in [1.82, 2.24) is 4.90 Å². The van der Waals surface area contributed by atoms with Gasteiger partial charge in [0, 0.05) is 33.4 Å². The van der Waals surface area contributed by atoms with Crippen molar-refractivity contribution in [2.24, 2.45) is 11.8 Å². The number of amides is 1. The molecule has 1 saturated heterocycles. The van der Waals surface area contributed by atoms with E-state index in [-0.39, 0.29) is 17.9 Å². The highest BCUT2D eigenvalue weighted by atomic mass is 16.5. The van der Waals surface area contributed by atoms with Crippen molar-refractivity contribution in [3.05, 3.63) is 0 Å². The fraction of sp³-hybridized carbons (Fsp3) is 0.833. The molecule has 2 rings (SSSR count). The Kier molecular flexibility index (Phi) is 4.19. The van der Waals surface area contributed by atoms with Gasteiger partial charge in [-0.2, -0.15) is 0 Å². The lowest BCUT2D eigenvalue weighted by Crippen LogP contribution is -2.55. The summed E-state index contributed by atoms with van der Waals surface area (Å²) in [7, 11) is 1.65. The predicted molar refractivity (Wildman–Crippen MR) is 62.0 cm³/mol. The van der Waals surface area contributed by atoms with Crippen molar-refractivity contribution in [2.45, 2.75) is 18.9 Å². The molecule has 2 unspecified atom stereocenters. The zero-order valence-electron chi connectivity index (χ0n) is 10.5. The quantitative estimate of drug-likeness (QED) is 0.648. The number of carboxylic acid groups (broad SMARTS) is 1. The Balaban J connectivity index is 1.58. The lowest BCUT2D eigenvalue weighted by molar-refractivity contribution is -0.149. The summed E-state index contributed by atoms with van der Waals surface area (Å²) < 4.78 is 10.5. The van der Waals surface area contributed by atoms with Crippen LogP contribution in [0.1, 0.15) is 12.8 Å². The number of ether oxygens (including phenoxy) is 2. The topological polar surface area (TPSA) is 76.1 Å². The van der Waals surface area contributed by atoms with Gasteiger partial charge in [0.25, 0.3) is 0 Å². The van der Waals surface area contributed by atoms with Crippen molar-refractivity contribution < 1.29 is 24.2 Å². The van der Waals surface area contributed by atoms with Crippen molar-refractivity contribution in [3.63, 3.8) is 0 Å². The molecule has 0 spiro atoms. The van der Waals surface area contributed by atoms with Crippen LogP contribution in [-0.2, 0) is 19.1 Å². The zero-order valence-corrected chi connectivity index (χ0v) is 10.5. The summed E-state index contributed by atoms with van der Waals surface area (Å²) in [5, 5.41) is 8.76. The maximum absolute atomic E-state index is 11.8. The van der Waals surface area contributed by atoms with Gasteiger partial charge in [-0.05, 0) is 12.8 Å². The first-order valence-electron chi connectivity index (χ1n) is 6.25. The number of rotatable bonds is 7. The molecule has 0 aromatic rings. The van der Waals surface area contributed by atoms with Gasteiger partial charge in [-0.3, -0.25) is 9.59 Å². The zero-order chi connectivity index (χ0) is 13.1. The average molecular weight is 257 g/mol. The van der Waals surface area contributed by atoms with E-state index in [0.29, 0.717) is 32.7 Å². The standard InChI is InChI=1S/C12H19NO5/c1-17-3-2-4-18-8-6-13(7-8)11(14)9-5-10(9)12(15)16/h8-10H,2-7H2,1H3,(H,15,16). The van der Waals surface area contributed by atoms with Crippen LogP contribution in [0.4, 0.5) is 0 Å². The Bertz CT molecular complexity index is 326. The molecule has 1 N–H and O–H groups in total. The van der Waals surface area contributed by atoms with Gasteiger partial charge in [-0.25, -0.2) is 0 Å². The molecule has 0 radical (unpaired) electrons. The molecule has 6 nitrogen and oxygen atoms in total. The normalized spacial score (nSPS) is 26.8. The smallest absolute Gasteiger partial charge is 0.307 e. The Hall–Kier alpha value is -1.14. The Labute approximate surface area is 106 Å². The summed E-state index contributed by atoms with van der Waals surface area (Å²) in [5.41, 5.74) is 0. The number of hydrogen-bond donors (Lipinski definition) is 1. The highest BCUT2D eigenvalue weighted by Crippen LogP contribution is 2.40. The molecule has 0 bridgehead atoms. The third-order valence-corrected chi connectivity index (χ3v) is 3.43. The van der Waals surface area contributed by atoms with Crippen molar-refractivity contribution in [2.75, 3.05) is 33.4 Å². The van der Waals surface area contributed by atoms with E-state index in [0.717, 1.165) is 6.42 Å². The van der Waals surface area contributed by atoms with Gasteiger partial charge >= 0.3 is 5.97 Å². The summed E-state index contributed by atoms with van der Waals surface area (Å²) in [6, 6.07) is 0. The van der Waals surface area contributed by atoms with Crippen LogP contribution in [0, 0.1) is 11.8 Å². The number of carbonyl (C=O) groups excluding carboxylic acids is 1. The number of nitrogens with zero attached hydrogens (tertiary/aromatic N) is 1. The van der Waals surface area contributed by atoms with Crippen LogP contribution in [0.5, 0.6) is 0 Å². The second-order valence-electron chi connectivity index (χ2n) is 4.87. The third kappa shape index (κ3) is 3.00. The average Bonchev–Trinajstić information content (AvgIpc) is 3.05. The lowest BCUT2D eigenvalue weighted by atomic mass is 10.1. The molecule has 102 valence electrons. The molecule has 1 aliphatic heterocycles. The Morgan fingerprint density at radius 1 is 1.28 bits per heavy atom. The number of hydrogen-bond acceptors (Lipinski definition) is 4. The minimum Gasteiger partial charge on any atom is -0.481 e. The van der Waals surface area contributed by atoms with Crippen molar-refractivity contribution in [1.29, 1.82) is 0 Å². The number of aliphatic carboxylic acids is 1. The summed E-state index contributed by atoms with van der Waals surface area (Å²) in [4.78, 5) is 24.2. The molecule has 1 heterocycles. The van der Waals surface area contributed by atoms with Crippen molar-refractivity contribution in [3.8, 4) is 0 Å². The molecule has 0 aromatic carbocycles. The van der Waals surface area contributed by atoms with Crippen LogP contribution in [0.25, 0.3) is 0 Å². The van der Waals surface area contributed by atoms with E-state index in [2.05, 4.69) is 0 Å². The molecule has 1 amide bonds. The highest BCUT2D eigenvalue weighted by molar-refractivity contribution is 5.89. The van der Waals surface area contributed by atoms with Gasteiger partial charge in [0.05, 0.1) is 17.9 Å². The maximum Gasteiger partial charge on any atom is 0.307 e. The van der Waals surface area contributed by atoms with Crippen molar-refractivity contribution >= 4 is 11.9 Å². The second kappa shape index (κ2) is 5.67. The van der Waals surface area contributed by atoms with E-state index in [1.165, 1.54) is 0 Å². The van der Waals surface area contributed by atoms with E-state index in [4.69, 9.17) is 14.6 Å². The molecule has 6 heteroatoms. The SMILES string of the molecule is COCCCOC1CN(C(=O)C2CC2C(=O)O)C1. The Morgan fingerprint density at radius 2 is 2.00 bits per heavy atom. The lowest BCUT2D eigenvalue weighted by Gasteiger charge is -2.39. The van der Waals surface area contributed by atoms with E-state index in [1.807, 2.05) is 0 Å². The summed E-state index contributed by atoms with van der Waals surface area (Å²) >= 11 is 0. The Morgan fingerprint density at radius 3 is 2.56 bits per heavy atom. The summed E-state index contributed by atoms with van der Waals surface area (Å²) in [5.74, 6) is -1.64. The molecule has 18 heavy (non-hydrogen) atoms. The molecule has 1 saturated carbocycles. The number of carbonyl (C=O) groups is 2. The number of methoxy groups -OCH3 is 1. The highest BCUT2D eigenvalue weighted by Gasteiger charge is 2.51. The van der Waals surface area contributed by atoms with Crippen LogP contribution in [0.3, 0.4) is 0 Å². The molecule has 2 atom stereocenters. The molecule has 0 aromatic heterocycles. The van der Waals surface area contributed by atoms with E-state index < -0.39 is 11.9 Å². The predicted octanol–water partition coefficient (Wildman–Crippen LogP) is -0.0290. The van der Waals surface area contributed by atoms with Gasteiger partial charge < -0.3 is 19.5 Å². The van der Waals surface area contributed by atoms with E-state index in [9.17, 15) is 9.59 Å².